The largest absolute Gasteiger partial charge is 0.463 e. The van der Waals surface area contributed by atoms with Crippen LogP contribution in [0.5, 0.6) is 0 Å². The lowest BCUT2D eigenvalue weighted by Gasteiger charge is -2.61. The van der Waals surface area contributed by atoms with Crippen molar-refractivity contribution in [2.45, 2.75) is 117 Å². The zero-order valence-electron chi connectivity index (χ0n) is 26.0. The summed E-state index contributed by atoms with van der Waals surface area (Å²) in [4.78, 5) is 38.1. The minimum absolute atomic E-state index is 0.0321. The summed E-state index contributed by atoms with van der Waals surface area (Å²) in [5, 5.41) is 24.4. The number of rotatable bonds is 6. The van der Waals surface area contributed by atoms with Crippen LogP contribution in [-0.2, 0) is 23.9 Å². The molecule has 2 N–H and O–H groups in total. The topological polar surface area (TPSA) is 110 Å². The van der Waals surface area contributed by atoms with Crippen molar-refractivity contribution in [3.63, 3.8) is 0 Å². The summed E-state index contributed by atoms with van der Waals surface area (Å²) in [7, 11) is 0. The molecule has 8 atom stereocenters. The van der Waals surface area contributed by atoms with Crippen LogP contribution >= 0.6 is 0 Å². The Morgan fingerprint density at radius 2 is 1.63 bits per heavy atom. The van der Waals surface area contributed by atoms with E-state index >= 15 is 0 Å². The minimum atomic E-state index is -1.83. The van der Waals surface area contributed by atoms with E-state index in [0.29, 0.717) is 42.3 Å². The van der Waals surface area contributed by atoms with Crippen molar-refractivity contribution < 1.29 is 34.1 Å². The molecule has 0 aliphatic heterocycles. The number of hydrogen-bond acceptors (Lipinski definition) is 7. The molecule has 0 radical (unpaired) electrons. The number of carbonyl (C=O) groups is 3. The molecule has 228 valence electrons. The number of fused-ring (bicyclic) bond motifs is 5. The fourth-order valence-electron chi connectivity index (χ4n) is 10.3. The van der Waals surface area contributed by atoms with E-state index in [0.717, 1.165) is 18.8 Å². The molecular formula is C34H50O7. The van der Waals surface area contributed by atoms with Crippen LogP contribution in [0.25, 0.3) is 0 Å². The highest BCUT2D eigenvalue weighted by Gasteiger charge is 2.70. The lowest BCUT2D eigenvalue weighted by Crippen LogP contribution is -2.68. The van der Waals surface area contributed by atoms with E-state index in [1.807, 2.05) is 33.8 Å². The van der Waals surface area contributed by atoms with E-state index in [1.165, 1.54) is 19.3 Å². The second kappa shape index (κ2) is 10.0. The monoisotopic (exact) mass is 570 g/mol. The van der Waals surface area contributed by atoms with E-state index in [9.17, 15) is 24.6 Å². The first kappa shape index (κ1) is 30.5. The second-order valence-electron chi connectivity index (χ2n) is 15.8. The van der Waals surface area contributed by atoms with Gasteiger partial charge in [-0.1, -0.05) is 46.8 Å². The lowest BCUT2D eigenvalue weighted by atomic mass is 9.48. The highest BCUT2D eigenvalue weighted by atomic mass is 16.6. The molecule has 3 fully saturated rings. The normalized spacial score (nSPS) is 46.8. The number of hydrogen-bond donors (Lipinski definition) is 2. The van der Waals surface area contributed by atoms with Gasteiger partial charge >= 0.3 is 5.97 Å². The molecule has 0 aromatic rings. The zero-order chi connectivity index (χ0) is 30.2. The summed E-state index contributed by atoms with van der Waals surface area (Å²) in [5.74, 6) is -0.301. The number of esters is 1. The van der Waals surface area contributed by atoms with Crippen LogP contribution in [0.3, 0.4) is 0 Å². The molecular weight excluding hydrogens is 520 g/mol. The maximum absolute atomic E-state index is 13.7. The molecule has 0 aromatic heterocycles. The maximum atomic E-state index is 13.7. The third-order valence-electron chi connectivity index (χ3n) is 12.2. The zero-order valence-corrected chi connectivity index (χ0v) is 26.0. The predicted octanol–water partition coefficient (Wildman–Crippen LogP) is 5.32. The lowest BCUT2D eigenvalue weighted by molar-refractivity contribution is -0.246. The Morgan fingerprint density at radius 3 is 2.24 bits per heavy atom. The fraction of sp³-hybridized carbons (Fsp3) is 0.794. The molecule has 5 rings (SSSR count). The molecule has 3 saturated carbocycles. The van der Waals surface area contributed by atoms with Crippen LogP contribution in [0.2, 0.25) is 0 Å². The summed E-state index contributed by atoms with van der Waals surface area (Å²) >= 11 is 0. The Bertz CT molecular complexity index is 1150. The molecule has 5 aliphatic carbocycles. The Hall–Kier alpha value is -1.99. The summed E-state index contributed by atoms with van der Waals surface area (Å²) in [5.41, 5.74) is -4.06. The second-order valence-corrected chi connectivity index (χ2v) is 15.8. The van der Waals surface area contributed by atoms with Gasteiger partial charge in [0.25, 0.3) is 6.47 Å². The summed E-state index contributed by atoms with van der Waals surface area (Å²) in [6.07, 6.45) is 10.2. The summed E-state index contributed by atoms with van der Waals surface area (Å²) in [6.45, 7) is 14.4. The smallest absolute Gasteiger partial charge is 0.306 e. The van der Waals surface area contributed by atoms with Crippen molar-refractivity contribution in [3.8, 4) is 0 Å². The molecule has 7 heteroatoms. The van der Waals surface area contributed by atoms with Crippen LogP contribution in [0, 0.1) is 46.3 Å². The molecule has 2 bridgehead atoms. The first-order valence-corrected chi connectivity index (χ1v) is 15.6. The van der Waals surface area contributed by atoms with Crippen LogP contribution in [0.4, 0.5) is 0 Å². The van der Waals surface area contributed by atoms with E-state index in [1.54, 1.807) is 13.0 Å². The first-order valence-electron chi connectivity index (χ1n) is 15.6. The van der Waals surface area contributed by atoms with Gasteiger partial charge in [-0.3, -0.25) is 14.4 Å². The average molecular weight is 571 g/mol. The molecule has 0 saturated heterocycles. The van der Waals surface area contributed by atoms with Crippen molar-refractivity contribution in [1.29, 1.82) is 0 Å². The standard InChI is InChI=1S/C34H50O7/c1-20-8-23-11-24(9-20)15-31(6,14-23)17-28(36)41-32(7)13-22(3)34(39)26(30(32,4)5)12-25(18-40-19-35)16-33(38)27(34)10-21(2)29(33)37/h10,12,19-20,22-24,26-27,38-39H,8-9,11,13-18H2,1-7H3/t20?,22-,23?,24?,26+,27-,31?,32-,33-,34-/m1/s1. The average Bonchev–Trinajstić information content (AvgIpc) is 3.00. The SMILES string of the molecule is CC1=C[C@H]2[C@@]3(O)[C@H](C)C[C@@](C)(OC(=O)CC4(C)CC5CC(C)CC(C5)C4)C(C)(C)[C@@H]3C=C(COC=O)C[C@]2(O)C1=O. The quantitative estimate of drug-likeness (QED) is 0.253. The number of Topliss-reactive ketones (excluding diaryl/α,β-unsaturated/α-hetero) is 1. The van der Waals surface area contributed by atoms with E-state index in [4.69, 9.17) is 9.47 Å². The van der Waals surface area contributed by atoms with Crippen molar-refractivity contribution in [1.82, 2.24) is 0 Å². The molecule has 7 nitrogen and oxygen atoms in total. The third kappa shape index (κ3) is 4.83. The maximum Gasteiger partial charge on any atom is 0.306 e. The van der Waals surface area contributed by atoms with Gasteiger partial charge < -0.3 is 19.7 Å². The van der Waals surface area contributed by atoms with Crippen molar-refractivity contribution >= 4 is 18.2 Å². The van der Waals surface area contributed by atoms with Gasteiger partial charge in [-0.25, -0.2) is 0 Å². The van der Waals surface area contributed by atoms with E-state index in [-0.39, 0.29) is 24.4 Å². The van der Waals surface area contributed by atoms with Crippen molar-refractivity contribution in [2.24, 2.45) is 46.3 Å². The van der Waals surface area contributed by atoms with Gasteiger partial charge in [0.05, 0.1) is 12.0 Å². The Balaban J connectivity index is 1.45. The molecule has 0 heterocycles. The molecule has 0 aromatic carbocycles. The third-order valence-corrected chi connectivity index (χ3v) is 12.2. The van der Waals surface area contributed by atoms with Gasteiger partial charge in [0.1, 0.15) is 17.8 Å². The Labute approximate surface area is 245 Å². The minimum Gasteiger partial charge on any atom is -0.463 e. The van der Waals surface area contributed by atoms with Crippen molar-refractivity contribution in [3.05, 3.63) is 23.3 Å². The number of carbonyl (C=O) groups excluding carboxylic acids is 3. The first-order chi connectivity index (χ1) is 19.0. The van der Waals surface area contributed by atoms with Gasteiger partial charge in [0.15, 0.2) is 5.78 Å². The summed E-state index contributed by atoms with van der Waals surface area (Å²) < 4.78 is 11.6. The van der Waals surface area contributed by atoms with E-state index in [2.05, 4.69) is 13.8 Å². The highest BCUT2D eigenvalue weighted by molar-refractivity contribution is 6.04. The Kier molecular flexibility index (Phi) is 7.46. The van der Waals surface area contributed by atoms with Gasteiger partial charge in [-0.2, -0.15) is 0 Å². The van der Waals surface area contributed by atoms with Crippen molar-refractivity contribution in [2.75, 3.05) is 6.61 Å². The van der Waals surface area contributed by atoms with Gasteiger partial charge in [0, 0.05) is 23.7 Å². The van der Waals surface area contributed by atoms with Gasteiger partial charge in [-0.15, -0.1) is 0 Å². The molecule has 41 heavy (non-hydrogen) atoms. The van der Waals surface area contributed by atoms with Gasteiger partial charge in [0.2, 0.25) is 0 Å². The summed E-state index contributed by atoms with van der Waals surface area (Å²) in [6, 6.07) is 0. The number of aliphatic hydroxyl groups is 2. The molecule has 0 spiro atoms. The van der Waals surface area contributed by atoms with Crippen LogP contribution in [-0.4, -0.2) is 51.8 Å². The van der Waals surface area contributed by atoms with Crippen LogP contribution in [0.1, 0.15) is 99.8 Å². The van der Waals surface area contributed by atoms with E-state index < -0.39 is 45.8 Å². The van der Waals surface area contributed by atoms with Crippen LogP contribution < -0.4 is 0 Å². The Morgan fingerprint density at radius 1 is 1.00 bits per heavy atom. The fourth-order valence-corrected chi connectivity index (χ4v) is 10.3. The molecule has 0 amide bonds. The predicted molar refractivity (Wildman–Crippen MR) is 154 cm³/mol. The number of ketones is 1. The molecule has 5 aliphatic rings. The van der Waals surface area contributed by atoms with Crippen LogP contribution in [0.15, 0.2) is 23.3 Å². The van der Waals surface area contributed by atoms with Gasteiger partial charge in [-0.05, 0) is 92.6 Å². The number of ether oxygens (including phenoxy) is 2. The molecule has 2 unspecified atom stereocenters. The highest BCUT2D eigenvalue weighted by Crippen LogP contribution is 2.63.